The number of carbonyl (C=O) groups excluding carboxylic acids is 4. The van der Waals surface area contributed by atoms with Gasteiger partial charge in [0.25, 0.3) is 5.91 Å². The van der Waals surface area contributed by atoms with E-state index in [1.54, 1.807) is 24.3 Å². The molecule has 10 nitrogen and oxygen atoms in total. The van der Waals surface area contributed by atoms with Crippen molar-refractivity contribution in [1.29, 1.82) is 0 Å². The minimum atomic E-state index is -1.04. The molecular formula is C26H38N4O6. The maximum Gasteiger partial charge on any atom is 0.255 e. The highest BCUT2D eigenvalue weighted by Crippen LogP contribution is 2.20. The highest BCUT2D eigenvalue weighted by Gasteiger charge is 2.33. The Kier molecular flexibility index (Phi) is 9.31. The van der Waals surface area contributed by atoms with Gasteiger partial charge in [0.1, 0.15) is 24.4 Å². The second-order valence-electron chi connectivity index (χ2n) is 10.4. The Bertz CT molecular complexity index is 960. The number of hydrogen-bond donors (Lipinski definition) is 4. The lowest BCUT2D eigenvalue weighted by atomic mass is 9.99. The van der Waals surface area contributed by atoms with Gasteiger partial charge >= 0.3 is 0 Å². The number of rotatable bonds is 6. The summed E-state index contributed by atoms with van der Waals surface area (Å²) in [6.45, 7) is 8.45. The number of para-hydroxylation sites is 1. The van der Waals surface area contributed by atoms with Crippen LogP contribution in [0.15, 0.2) is 24.3 Å². The van der Waals surface area contributed by atoms with Gasteiger partial charge in [-0.3, -0.25) is 19.2 Å². The Morgan fingerprint density at radius 1 is 1.06 bits per heavy atom. The van der Waals surface area contributed by atoms with Gasteiger partial charge < -0.3 is 30.7 Å². The molecule has 3 atom stereocenters. The van der Waals surface area contributed by atoms with Crippen LogP contribution >= 0.6 is 0 Å². The van der Waals surface area contributed by atoms with Crippen LogP contribution in [0.4, 0.5) is 0 Å². The van der Waals surface area contributed by atoms with Crippen molar-refractivity contribution >= 4 is 23.6 Å². The van der Waals surface area contributed by atoms with Crippen LogP contribution in [-0.2, 0) is 14.4 Å². The van der Waals surface area contributed by atoms with Crippen LogP contribution in [0.1, 0.15) is 57.3 Å². The molecule has 2 aliphatic rings. The Hall–Kier alpha value is -3.14. The number of nitrogens with zero attached hydrogens (tertiary/aromatic N) is 1. The van der Waals surface area contributed by atoms with E-state index in [1.807, 2.05) is 27.7 Å². The summed E-state index contributed by atoms with van der Waals surface area (Å²) >= 11 is 0. The van der Waals surface area contributed by atoms with E-state index in [0.717, 1.165) is 0 Å². The predicted molar refractivity (Wildman–Crippen MR) is 133 cm³/mol. The molecule has 2 aliphatic heterocycles. The van der Waals surface area contributed by atoms with Crippen LogP contribution in [0.25, 0.3) is 0 Å². The fourth-order valence-corrected chi connectivity index (χ4v) is 4.38. The smallest absolute Gasteiger partial charge is 0.255 e. The molecule has 10 heteroatoms. The second kappa shape index (κ2) is 12.2. The predicted octanol–water partition coefficient (Wildman–Crippen LogP) is 0.832. The summed E-state index contributed by atoms with van der Waals surface area (Å²) in [6.07, 6.45) is 0.199. The minimum Gasteiger partial charge on any atom is -0.491 e. The number of nitrogens with one attached hydrogen (secondary N) is 3. The number of ether oxygens (including phenoxy) is 1. The average Bonchev–Trinajstić information content (AvgIpc) is 2.80. The van der Waals surface area contributed by atoms with Gasteiger partial charge in [0.15, 0.2) is 0 Å². The van der Waals surface area contributed by atoms with E-state index in [2.05, 4.69) is 16.0 Å². The highest BCUT2D eigenvalue weighted by atomic mass is 16.5. The third-order valence-corrected chi connectivity index (χ3v) is 6.40. The van der Waals surface area contributed by atoms with E-state index in [9.17, 15) is 24.3 Å². The minimum absolute atomic E-state index is 0.0121. The standard InChI is InChI=1S/C26H38N4O6/c1-15(2)11-17-14-36-21-8-6-5-7-19(21)24(33)28-20(9-10-22(32)30-12-18(31)13-30)25(34)29-23(16(3)4)26(35)27-17/h5-8,15-18,20,23,31H,9-14H2,1-4H3,(H,27,35)(H,28,33)(H,29,34)/t17-,20-,23-/m0/s1. The molecule has 0 saturated carbocycles. The fraction of sp³-hybridized carbons (Fsp3) is 0.615. The van der Waals surface area contributed by atoms with Crippen molar-refractivity contribution in [2.24, 2.45) is 11.8 Å². The van der Waals surface area contributed by atoms with E-state index in [0.29, 0.717) is 12.2 Å². The molecule has 0 bridgehead atoms. The first-order valence-electron chi connectivity index (χ1n) is 12.6. The third-order valence-electron chi connectivity index (χ3n) is 6.40. The molecule has 0 spiro atoms. The Morgan fingerprint density at radius 2 is 1.75 bits per heavy atom. The van der Waals surface area contributed by atoms with Crippen LogP contribution in [0.3, 0.4) is 0 Å². The largest absolute Gasteiger partial charge is 0.491 e. The zero-order chi connectivity index (χ0) is 26.4. The third kappa shape index (κ3) is 7.19. The van der Waals surface area contributed by atoms with Crippen molar-refractivity contribution in [2.45, 2.75) is 71.2 Å². The molecule has 2 heterocycles. The lowest BCUT2D eigenvalue weighted by Gasteiger charge is -2.36. The van der Waals surface area contributed by atoms with Crippen molar-refractivity contribution in [3.05, 3.63) is 29.8 Å². The summed E-state index contributed by atoms with van der Waals surface area (Å²) in [7, 11) is 0. The van der Waals surface area contributed by atoms with E-state index in [1.165, 1.54) is 4.90 Å². The second-order valence-corrected chi connectivity index (χ2v) is 10.4. The first-order chi connectivity index (χ1) is 17.0. The number of benzene rings is 1. The first kappa shape index (κ1) is 27.4. The quantitative estimate of drug-likeness (QED) is 0.455. The molecule has 3 rings (SSSR count). The number of fused-ring (bicyclic) bond motifs is 1. The normalized spacial score (nSPS) is 23.8. The lowest BCUT2D eigenvalue weighted by molar-refractivity contribution is -0.141. The van der Waals surface area contributed by atoms with Crippen molar-refractivity contribution < 1.29 is 29.0 Å². The fourth-order valence-electron chi connectivity index (χ4n) is 4.38. The number of aliphatic hydroxyl groups excluding tert-OH is 1. The molecule has 1 saturated heterocycles. The zero-order valence-corrected chi connectivity index (χ0v) is 21.5. The van der Waals surface area contributed by atoms with Crippen molar-refractivity contribution in [2.75, 3.05) is 19.7 Å². The van der Waals surface area contributed by atoms with Crippen LogP contribution < -0.4 is 20.7 Å². The van der Waals surface area contributed by atoms with Crippen LogP contribution in [0.5, 0.6) is 5.75 Å². The van der Waals surface area contributed by atoms with Gasteiger partial charge in [-0.05, 0) is 36.8 Å². The summed E-state index contributed by atoms with van der Waals surface area (Å²) < 4.78 is 5.99. The molecule has 1 fully saturated rings. The number of amides is 4. The topological polar surface area (TPSA) is 137 Å². The number of likely N-dealkylation sites (tertiary alicyclic amines) is 1. The highest BCUT2D eigenvalue weighted by molar-refractivity contribution is 6.00. The monoisotopic (exact) mass is 502 g/mol. The number of aliphatic hydroxyl groups is 1. The molecule has 0 unspecified atom stereocenters. The molecular weight excluding hydrogens is 464 g/mol. The maximum absolute atomic E-state index is 13.3. The van der Waals surface area contributed by atoms with Gasteiger partial charge in [-0.1, -0.05) is 39.8 Å². The Labute approximate surface area is 212 Å². The molecule has 198 valence electrons. The molecule has 1 aromatic carbocycles. The molecule has 4 N–H and O–H groups in total. The molecule has 4 amide bonds. The Morgan fingerprint density at radius 3 is 2.39 bits per heavy atom. The van der Waals surface area contributed by atoms with E-state index in [-0.39, 0.29) is 67.8 Å². The van der Waals surface area contributed by atoms with E-state index in [4.69, 9.17) is 4.74 Å². The summed E-state index contributed by atoms with van der Waals surface area (Å²) in [5, 5.41) is 18.0. The van der Waals surface area contributed by atoms with Crippen molar-refractivity contribution in [3.63, 3.8) is 0 Å². The molecule has 0 aliphatic carbocycles. The van der Waals surface area contributed by atoms with Crippen LogP contribution in [-0.4, -0.2) is 77.6 Å². The van der Waals surface area contributed by atoms with Gasteiger partial charge in [0.2, 0.25) is 17.7 Å². The number of hydrogen-bond acceptors (Lipinski definition) is 6. The first-order valence-corrected chi connectivity index (χ1v) is 12.6. The van der Waals surface area contributed by atoms with Crippen molar-refractivity contribution in [3.8, 4) is 5.75 Å². The summed E-state index contributed by atoms with van der Waals surface area (Å²) in [6, 6.07) is 4.56. The average molecular weight is 503 g/mol. The number of β-amino-alcohol motifs (C(OH)–C–C–N with tert-alkyl or cyclic N) is 1. The number of carbonyl (C=O) groups is 4. The van der Waals surface area contributed by atoms with Gasteiger partial charge in [-0.25, -0.2) is 0 Å². The molecule has 0 aromatic heterocycles. The lowest BCUT2D eigenvalue weighted by Crippen LogP contribution is -2.57. The van der Waals surface area contributed by atoms with Gasteiger partial charge in [0.05, 0.1) is 17.7 Å². The van der Waals surface area contributed by atoms with E-state index < -0.39 is 30.0 Å². The summed E-state index contributed by atoms with van der Waals surface area (Å²) in [5.74, 6) is -1.14. The zero-order valence-electron chi connectivity index (χ0n) is 21.5. The van der Waals surface area contributed by atoms with Crippen LogP contribution in [0, 0.1) is 11.8 Å². The summed E-state index contributed by atoms with van der Waals surface area (Å²) in [5.41, 5.74) is 0.266. The molecule has 1 aromatic rings. The molecule has 0 radical (unpaired) electrons. The Balaban J connectivity index is 1.87. The van der Waals surface area contributed by atoms with Gasteiger partial charge in [0, 0.05) is 19.5 Å². The van der Waals surface area contributed by atoms with Gasteiger partial charge in [-0.15, -0.1) is 0 Å². The molecule has 36 heavy (non-hydrogen) atoms. The van der Waals surface area contributed by atoms with Gasteiger partial charge in [-0.2, -0.15) is 0 Å². The SMILES string of the molecule is CC(C)C[C@H]1COc2ccccc2C(=O)N[C@@H](CCC(=O)N2CC(O)C2)C(=O)N[C@@H](C(C)C)C(=O)N1. The van der Waals surface area contributed by atoms with Crippen LogP contribution in [0.2, 0.25) is 0 Å². The van der Waals surface area contributed by atoms with Crippen molar-refractivity contribution in [1.82, 2.24) is 20.9 Å². The van der Waals surface area contributed by atoms with E-state index >= 15 is 0 Å². The maximum atomic E-state index is 13.3. The summed E-state index contributed by atoms with van der Waals surface area (Å²) in [4.78, 5) is 53.7.